The number of nitrogens with one attached hydrogen (secondary N) is 2. The highest BCUT2D eigenvalue weighted by atomic mass is 32.1. The van der Waals surface area contributed by atoms with Gasteiger partial charge in [-0.1, -0.05) is 45.0 Å². The Morgan fingerprint density at radius 2 is 1.63 bits per heavy atom. The van der Waals surface area contributed by atoms with Crippen LogP contribution in [0.3, 0.4) is 0 Å². The van der Waals surface area contributed by atoms with E-state index in [1.165, 1.54) is 32.0 Å². The number of likely N-dealkylation sites (tertiary alicyclic amines) is 1. The average molecular weight is 1130 g/mol. The largest absolute Gasteiger partial charge is 0.491 e. The summed E-state index contributed by atoms with van der Waals surface area (Å²) >= 11 is 6.99. The van der Waals surface area contributed by atoms with Gasteiger partial charge in [-0.25, -0.2) is 14.4 Å². The molecular formula is C54H57F7N8O7S2. The fourth-order valence-corrected chi connectivity index (χ4v) is 9.67. The summed E-state index contributed by atoms with van der Waals surface area (Å²) < 4.78 is 117. The molecular weight excluding hydrogens is 1070 g/mol. The maximum atomic E-state index is 15.4. The number of rotatable bonds is 20. The van der Waals surface area contributed by atoms with Gasteiger partial charge >= 0.3 is 12.4 Å². The van der Waals surface area contributed by atoms with Crippen molar-refractivity contribution in [2.45, 2.75) is 97.3 Å². The molecule has 3 amide bonds. The van der Waals surface area contributed by atoms with Crippen molar-refractivity contribution in [2.24, 2.45) is 5.41 Å². The number of pyridine rings is 1. The Morgan fingerprint density at radius 3 is 2.23 bits per heavy atom. The van der Waals surface area contributed by atoms with Crippen LogP contribution in [0.5, 0.6) is 11.6 Å². The van der Waals surface area contributed by atoms with Crippen molar-refractivity contribution in [3.8, 4) is 28.1 Å². The average Bonchev–Trinajstić information content (AvgIpc) is 4.13. The van der Waals surface area contributed by atoms with Crippen molar-refractivity contribution in [1.82, 2.24) is 25.5 Å². The number of nitrogens with zero attached hydrogens (tertiary/aromatic N) is 6. The minimum absolute atomic E-state index is 0.0332. The third-order valence-electron chi connectivity index (χ3n) is 12.6. The van der Waals surface area contributed by atoms with E-state index < -0.39 is 86.2 Å². The summed E-state index contributed by atoms with van der Waals surface area (Å²) in [6.07, 6.45) is -7.91. The van der Waals surface area contributed by atoms with Crippen molar-refractivity contribution in [3.05, 3.63) is 118 Å². The van der Waals surface area contributed by atoms with E-state index in [0.29, 0.717) is 43.6 Å². The topological polar surface area (TPSA) is 179 Å². The molecule has 3 aromatic carbocycles. The van der Waals surface area contributed by atoms with E-state index in [4.69, 9.17) is 31.7 Å². The molecule has 1 fully saturated rings. The highest BCUT2D eigenvalue weighted by molar-refractivity contribution is 7.80. The fraction of sp³-hybridized carbons (Fsp3) is 0.407. The Bertz CT molecular complexity index is 3010. The maximum Gasteiger partial charge on any atom is 0.421 e. The number of aryl methyl sites for hydroxylation is 1. The molecule has 5 aromatic rings. The number of ether oxygens (including phenoxy) is 3. The number of thiocarbonyl (C=S) groups is 1. The van der Waals surface area contributed by atoms with Gasteiger partial charge in [0.25, 0.3) is 5.91 Å². The third-order valence-corrected chi connectivity index (χ3v) is 14.0. The summed E-state index contributed by atoms with van der Waals surface area (Å²) in [5.74, 6) is -3.45. The van der Waals surface area contributed by atoms with Gasteiger partial charge in [0.2, 0.25) is 17.7 Å². The molecule has 6 rings (SSSR count). The molecule has 416 valence electrons. The molecule has 78 heavy (non-hydrogen) atoms. The van der Waals surface area contributed by atoms with Crippen molar-refractivity contribution >= 4 is 64.0 Å². The van der Waals surface area contributed by atoms with Crippen LogP contribution in [0.4, 0.5) is 42.1 Å². The number of aldehydes is 1. The van der Waals surface area contributed by atoms with Gasteiger partial charge in [0, 0.05) is 38.7 Å². The number of hydrogen-bond acceptors (Lipinski definition) is 12. The third kappa shape index (κ3) is 14.5. The Kier molecular flexibility index (Phi) is 19.3. The highest BCUT2D eigenvalue weighted by Gasteiger charge is 2.44. The monoisotopic (exact) mass is 1130 g/mol. The number of anilines is 2. The molecule has 1 aliphatic heterocycles. The molecule has 24 heteroatoms. The van der Waals surface area contributed by atoms with E-state index in [2.05, 4.69) is 20.6 Å². The minimum atomic E-state index is -5.29. The van der Waals surface area contributed by atoms with E-state index in [1.54, 1.807) is 33.9 Å². The Morgan fingerprint density at radius 1 is 0.936 bits per heavy atom. The first kappa shape index (κ1) is 60.0. The molecule has 0 saturated carbocycles. The Balaban J connectivity index is 0.974. The summed E-state index contributed by atoms with van der Waals surface area (Å²) in [7, 11) is 1.04. The van der Waals surface area contributed by atoms with Crippen LogP contribution in [0.2, 0.25) is 0 Å². The van der Waals surface area contributed by atoms with Gasteiger partial charge in [-0.15, -0.1) is 11.3 Å². The molecule has 0 radical (unpaired) electrons. The lowest BCUT2D eigenvalue weighted by Crippen LogP contribution is -2.57. The number of thiazole rings is 1. The van der Waals surface area contributed by atoms with Gasteiger partial charge in [0.15, 0.2) is 10.9 Å². The number of aromatic nitrogens is 2. The molecule has 2 unspecified atom stereocenters. The van der Waals surface area contributed by atoms with Crippen LogP contribution in [0.15, 0.2) is 78.4 Å². The second-order valence-corrected chi connectivity index (χ2v) is 21.0. The van der Waals surface area contributed by atoms with E-state index in [0.717, 1.165) is 50.8 Å². The molecule has 2 N–H and O–H groups in total. The Labute approximate surface area is 455 Å². The van der Waals surface area contributed by atoms with E-state index in [9.17, 15) is 45.5 Å². The van der Waals surface area contributed by atoms with Crippen LogP contribution in [0.25, 0.3) is 10.4 Å². The zero-order valence-electron chi connectivity index (χ0n) is 43.6. The van der Waals surface area contributed by atoms with Crippen LogP contribution in [-0.2, 0) is 38.0 Å². The number of benzene rings is 3. The van der Waals surface area contributed by atoms with Crippen LogP contribution in [0.1, 0.15) is 92.2 Å². The zero-order chi connectivity index (χ0) is 57.3. The minimum Gasteiger partial charge on any atom is -0.491 e. The van der Waals surface area contributed by atoms with Gasteiger partial charge in [-0.2, -0.15) is 31.6 Å². The van der Waals surface area contributed by atoms with Crippen molar-refractivity contribution in [3.63, 3.8) is 0 Å². The predicted octanol–water partition coefficient (Wildman–Crippen LogP) is 10.1. The Hall–Kier alpha value is -7.23. The lowest BCUT2D eigenvalue weighted by Gasteiger charge is -2.39. The lowest BCUT2D eigenvalue weighted by atomic mass is 9.85. The van der Waals surface area contributed by atoms with Crippen molar-refractivity contribution in [1.29, 1.82) is 5.26 Å². The SMILES string of the molecule is Cc1ncsc1-c1ccc(CNC(=O)C2CCCN2C(=O)C(NC(=O)c2ccc(OCCOCCCOc3ncc(N(C(=S)N(C)c4ccc(C#N)c(C(F)(F)F)c4F)C(C)(C)C=O)cc3C(F)(F)F)cc2)C(C)(C)C)cc1. The first-order valence-electron chi connectivity index (χ1n) is 24.4. The van der Waals surface area contributed by atoms with Crippen LogP contribution in [0, 0.1) is 29.5 Å². The number of carbonyl (C=O) groups is 4. The highest BCUT2D eigenvalue weighted by Crippen LogP contribution is 2.41. The maximum absolute atomic E-state index is 15.4. The quantitative estimate of drug-likeness (QED) is 0.0326. The second kappa shape index (κ2) is 25.1. The smallest absolute Gasteiger partial charge is 0.421 e. The van der Waals surface area contributed by atoms with Crippen LogP contribution >= 0.6 is 23.6 Å². The van der Waals surface area contributed by atoms with E-state index in [1.807, 2.05) is 52.0 Å². The molecule has 2 atom stereocenters. The molecule has 1 saturated heterocycles. The second-order valence-electron chi connectivity index (χ2n) is 19.8. The van der Waals surface area contributed by atoms with Crippen LogP contribution < -0.4 is 29.9 Å². The molecule has 15 nitrogen and oxygen atoms in total. The van der Waals surface area contributed by atoms with Gasteiger partial charge < -0.3 is 44.3 Å². The summed E-state index contributed by atoms with van der Waals surface area (Å²) in [6.45, 7) is 10.5. The predicted molar refractivity (Wildman–Crippen MR) is 281 cm³/mol. The summed E-state index contributed by atoms with van der Waals surface area (Å²) in [5.41, 5.74) is -2.99. The molecule has 1 aliphatic rings. The van der Waals surface area contributed by atoms with Crippen molar-refractivity contribution in [2.75, 3.05) is 49.8 Å². The lowest BCUT2D eigenvalue weighted by molar-refractivity contribution is -0.142. The summed E-state index contributed by atoms with van der Waals surface area (Å²) in [4.78, 5) is 65.7. The van der Waals surface area contributed by atoms with Gasteiger partial charge in [0.1, 0.15) is 41.9 Å². The molecule has 0 bridgehead atoms. The summed E-state index contributed by atoms with van der Waals surface area (Å²) in [5, 5.41) is 14.4. The molecule has 2 aromatic heterocycles. The fourth-order valence-electron chi connectivity index (χ4n) is 8.42. The van der Waals surface area contributed by atoms with Gasteiger partial charge in [0.05, 0.1) is 64.0 Å². The van der Waals surface area contributed by atoms with E-state index >= 15 is 4.39 Å². The summed E-state index contributed by atoms with van der Waals surface area (Å²) in [6, 6.07) is 15.8. The number of nitriles is 1. The standard InChI is InChI=1S/C54H57F7N8O7S2/c1-32-44(78-31-65-32)34-13-11-33(12-14-34)28-63-47(72)41-10-8-21-68(41)49(73)45(51(2,3)4)66-46(71)35-15-18-38(19-16-35)75-25-24-74-22-9-23-76-48-39(53(56,57)58)26-37(29-64-48)69(52(5,6)30-70)50(77)67(7)40-20-17-36(27-62)42(43(40)55)54(59,60)61/h11-20,26,29-31,41,45H,8-10,21-25,28H2,1-7H3,(H,63,72)(H,66,71). The number of amides is 3. The normalized spacial score (nSPS) is 14.3. The van der Waals surface area contributed by atoms with Crippen LogP contribution in [-0.4, -0.2) is 102 Å². The van der Waals surface area contributed by atoms with Gasteiger partial charge in [-0.05, 0) is 105 Å². The van der Waals surface area contributed by atoms with Crippen molar-refractivity contribution < 1.29 is 64.1 Å². The number of hydrogen-bond donors (Lipinski definition) is 2. The number of alkyl halides is 6. The first-order valence-corrected chi connectivity index (χ1v) is 25.7. The molecule has 3 heterocycles. The molecule has 0 aliphatic carbocycles. The van der Waals surface area contributed by atoms with Gasteiger partial charge in [-0.3, -0.25) is 14.4 Å². The van der Waals surface area contributed by atoms with E-state index in [-0.39, 0.29) is 56.8 Å². The molecule has 0 spiro atoms. The number of halogens is 7. The zero-order valence-corrected chi connectivity index (χ0v) is 45.2. The number of carbonyl (C=O) groups excluding carboxylic acids is 4. The first-order chi connectivity index (χ1) is 36.7.